The van der Waals surface area contributed by atoms with Crippen LogP contribution < -0.4 is 5.32 Å². The van der Waals surface area contributed by atoms with Gasteiger partial charge in [0.1, 0.15) is 0 Å². The molecule has 1 aromatic rings. The molecule has 0 amide bonds. The zero-order valence-electron chi connectivity index (χ0n) is 10.5. The Labute approximate surface area is 108 Å². The molecule has 1 aromatic heterocycles. The van der Waals surface area contributed by atoms with E-state index in [0.717, 1.165) is 38.2 Å². The van der Waals surface area contributed by atoms with E-state index in [9.17, 15) is 8.42 Å². The predicted octanol–water partition coefficient (Wildman–Crippen LogP) is 0.490. The lowest BCUT2D eigenvalue weighted by Crippen LogP contribution is -2.34. The van der Waals surface area contributed by atoms with Gasteiger partial charge in [0.15, 0.2) is 9.84 Å². The van der Waals surface area contributed by atoms with Crippen LogP contribution in [0, 0.1) is 0 Å². The zero-order valence-corrected chi connectivity index (χ0v) is 11.3. The van der Waals surface area contributed by atoms with Gasteiger partial charge in [-0.1, -0.05) is 0 Å². The average Bonchev–Trinajstić information content (AvgIpc) is 2.77. The van der Waals surface area contributed by atoms with Gasteiger partial charge in [-0.25, -0.2) is 8.42 Å². The number of hydrogen-bond donors (Lipinski definition) is 1. The maximum Gasteiger partial charge on any atom is 0.151 e. The van der Waals surface area contributed by atoms with Gasteiger partial charge in [0.25, 0.3) is 0 Å². The molecule has 1 fully saturated rings. The molecule has 0 aromatic carbocycles. The summed E-state index contributed by atoms with van der Waals surface area (Å²) in [5, 5.41) is 3.33. The summed E-state index contributed by atoms with van der Waals surface area (Å²) in [7, 11) is -2.79. The smallest absolute Gasteiger partial charge is 0.151 e. The molecule has 0 bridgehead atoms. The SMILES string of the molecule is O=S1(=O)CCCN(CCNCc2ccoc2)CC1. The Morgan fingerprint density at radius 2 is 2.22 bits per heavy atom. The highest BCUT2D eigenvalue weighted by Crippen LogP contribution is 2.04. The molecular formula is C12H20N2O3S. The minimum absolute atomic E-state index is 0.300. The first-order valence-corrected chi connectivity index (χ1v) is 8.12. The van der Waals surface area contributed by atoms with Gasteiger partial charge in [-0.2, -0.15) is 0 Å². The first-order chi connectivity index (χ1) is 8.66. The highest BCUT2D eigenvalue weighted by atomic mass is 32.2. The number of nitrogens with one attached hydrogen (secondary N) is 1. The molecule has 102 valence electrons. The van der Waals surface area contributed by atoms with Crippen LogP contribution in [0.15, 0.2) is 23.0 Å². The first kappa shape index (κ1) is 13.6. The van der Waals surface area contributed by atoms with Crippen LogP contribution in [-0.4, -0.2) is 51.0 Å². The topological polar surface area (TPSA) is 62.6 Å². The standard InChI is InChI=1S/C12H20N2O3S/c15-18(16)8-1-4-14(6-9-18)5-3-13-10-12-2-7-17-11-12/h2,7,11,13H,1,3-6,8-10H2. The molecule has 1 N–H and O–H groups in total. The molecule has 6 heteroatoms. The van der Waals surface area contributed by atoms with E-state index >= 15 is 0 Å². The fraction of sp³-hybridized carbons (Fsp3) is 0.667. The second-order valence-corrected chi connectivity index (χ2v) is 6.96. The normalized spacial score (nSPS) is 20.7. The molecule has 0 atom stereocenters. The molecule has 0 spiro atoms. The van der Waals surface area contributed by atoms with Gasteiger partial charge in [-0.05, 0) is 19.0 Å². The maximum absolute atomic E-state index is 11.4. The number of sulfone groups is 1. The van der Waals surface area contributed by atoms with Crippen LogP contribution in [0.3, 0.4) is 0 Å². The summed E-state index contributed by atoms with van der Waals surface area (Å²) in [4.78, 5) is 2.22. The summed E-state index contributed by atoms with van der Waals surface area (Å²) in [5.41, 5.74) is 1.13. The number of furan rings is 1. The molecule has 0 saturated carbocycles. The van der Waals surface area contributed by atoms with Crippen LogP contribution >= 0.6 is 0 Å². The largest absolute Gasteiger partial charge is 0.472 e. The molecule has 1 saturated heterocycles. The van der Waals surface area contributed by atoms with E-state index in [1.807, 2.05) is 6.07 Å². The van der Waals surface area contributed by atoms with Crippen molar-refractivity contribution in [3.05, 3.63) is 24.2 Å². The average molecular weight is 272 g/mol. The minimum Gasteiger partial charge on any atom is -0.472 e. The van der Waals surface area contributed by atoms with Crippen molar-refractivity contribution in [2.75, 3.05) is 37.7 Å². The molecule has 0 unspecified atom stereocenters. The third-order valence-electron chi connectivity index (χ3n) is 3.16. The van der Waals surface area contributed by atoms with Crippen LogP contribution in [0.5, 0.6) is 0 Å². The lowest BCUT2D eigenvalue weighted by atomic mass is 10.3. The third kappa shape index (κ3) is 4.44. The first-order valence-electron chi connectivity index (χ1n) is 6.30. The second-order valence-electron chi connectivity index (χ2n) is 4.66. The Morgan fingerprint density at radius 3 is 3.00 bits per heavy atom. The quantitative estimate of drug-likeness (QED) is 0.790. The van der Waals surface area contributed by atoms with Crippen molar-refractivity contribution in [1.29, 1.82) is 0 Å². The highest BCUT2D eigenvalue weighted by molar-refractivity contribution is 7.91. The monoisotopic (exact) mass is 272 g/mol. The third-order valence-corrected chi connectivity index (χ3v) is 4.88. The van der Waals surface area contributed by atoms with Crippen LogP contribution in [0.4, 0.5) is 0 Å². The van der Waals surface area contributed by atoms with Crippen molar-refractivity contribution >= 4 is 9.84 Å². The van der Waals surface area contributed by atoms with Gasteiger partial charge >= 0.3 is 0 Å². The van der Waals surface area contributed by atoms with Crippen molar-refractivity contribution in [3.63, 3.8) is 0 Å². The van der Waals surface area contributed by atoms with Crippen LogP contribution in [0.1, 0.15) is 12.0 Å². The van der Waals surface area contributed by atoms with E-state index in [1.54, 1.807) is 12.5 Å². The second kappa shape index (κ2) is 6.36. The molecular weight excluding hydrogens is 252 g/mol. The molecule has 1 aliphatic rings. The summed E-state index contributed by atoms with van der Waals surface area (Å²) < 4.78 is 27.9. The van der Waals surface area contributed by atoms with Gasteiger partial charge in [-0.3, -0.25) is 0 Å². The minimum atomic E-state index is -2.79. The Balaban J connectivity index is 1.64. The summed E-state index contributed by atoms with van der Waals surface area (Å²) in [6, 6.07) is 1.94. The lowest BCUT2D eigenvalue weighted by molar-refractivity contribution is 0.294. The van der Waals surface area contributed by atoms with E-state index in [0.29, 0.717) is 18.1 Å². The van der Waals surface area contributed by atoms with E-state index in [4.69, 9.17) is 4.42 Å². The maximum atomic E-state index is 11.4. The Morgan fingerprint density at radius 1 is 1.33 bits per heavy atom. The molecule has 18 heavy (non-hydrogen) atoms. The van der Waals surface area contributed by atoms with Crippen molar-refractivity contribution in [2.24, 2.45) is 0 Å². The molecule has 5 nitrogen and oxygen atoms in total. The summed E-state index contributed by atoms with van der Waals surface area (Å²) in [6.45, 7) is 4.10. The zero-order chi connectivity index (χ0) is 12.8. The lowest BCUT2D eigenvalue weighted by Gasteiger charge is -2.19. The Hall–Kier alpha value is -0.850. The number of rotatable bonds is 5. The summed E-state index contributed by atoms with van der Waals surface area (Å²) in [5.74, 6) is 0.640. The molecule has 0 radical (unpaired) electrons. The van der Waals surface area contributed by atoms with Crippen molar-refractivity contribution in [2.45, 2.75) is 13.0 Å². The Bertz CT molecular complexity index is 442. The van der Waals surface area contributed by atoms with Crippen molar-refractivity contribution < 1.29 is 12.8 Å². The number of nitrogens with zero attached hydrogens (tertiary/aromatic N) is 1. The van der Waals surface area contributed by atoms with Crippen LogP contribution in [0.2, 0.25) is 0 Å². The molecule has 1 aliphatic heterocycles. The molecule has 2 rings (SSSR count). The highest BCUT2D eigenvalue weighted by Gasteiger charge is 2.18. The molecule has 0 aliphatic carbocycles. The number of hydrogen-bond acceptors (Lipinski definition) is 5. The van der Waals surface area contributed by atoms with Crippen molar-refractivity contribution in [3.8, 4) is 0 Å². The van der Waals surface area contributed by atoms with Crippen LogP contribution in [0.25, 0.3) is 0 Å². The van der Waals surface area contributed by atoms with E-state index < -0.39 is 9.84 Å². The fourth-order valence-corrected chi connectivity index (χ4v) is 3.39. The van der Waals surface area contributed by atoms with Gasteiger partial charge in [0, 0.05) is 31.7 Å². The van der Waals surface area contributed by atoms with Gasteiger partial charge in [-0.15, -0.1) is 0 Å². The summed E-state index contributed by atoms with van der Waals surface area (Å²) in [6.07, 6.45) is 4.15. The van der Waals surface area contributed by atoms with Gasteiger partial charge < -0.3 is 14.6 Å². The molecule has 2 heterocycles. The van der Waals surface area contributed by atoms with Gasteiger partial charge in [0.05, 0.1) is 24.0 Å². The van der Waals surface area contributed by atoms with Crippen molar-refractivity contribution in [1.82, 2.24) is 10.2 Å². The van der Waals surface area contributed by atoms with Gasteiger partial charge in [0.2, 0.25) is 0 Å². The van der Waals surface area contributed by atoms with E-state index in [2.05, 4.69) is 10.2 Å². The Kier molecular flexibility index (Phi) is 4.79. The van der Waals surface area contributed by atoms with Crippen LogP contribution in [-0.2, 0) is 16.4 Å². The predicted molar refractivity (Wildman–Crippen MR) is 70.1 cm³/mol. The summed E-state index contributed by atoms with van der Waals surface area (Å²) >= 11 is 0. The van der Waals surface area contributed by atoms with E-state index in [1.165, 1.54) is 0 Å². The fourth-order valence-electron chi connectivity index (χ4n) is 2.08. The van der Waals surface area contributed by atoms with E-state index in [-0.39, 0.29) is 0 Å².